The molecule has 0 radical (unpaired) electrons. The molecule has 4 rings (SSSR count). The summed E-state index contributed by atoms with van der Waals surface area (Å²) >= 11 is 0. The van der Waals surface area contributed by atoms with Gasteiger partial charge in [-0.1, -0.05) is 17.3 Å². The molecule has 2 aromatic rings. The van der Waals surface area contributed by atoms with Crippen LogP contribution < -0.4 is 4.90 Å². The molecule has 0 aliphatic carbocycles. The number of fused-ring (bicyclic) bond motifs is 1. The number of aromatic carboxylic acids is 1. The molecule has 0 saturated carbocycles. The van der Waals surface area contributed by atoms with Gasteiger partial charge in [0.15, 0.2) is 5.69 Å². The maximum absolute atomic E-state index is 12.8. The minimum atomic E-state index is -1.09. The molecular weight excluding hydrogens is 334 g/mol. The van der Waals surface area contributed by atoms with E-state index in [0.717, 1.165) is 49.3 Å². The largest absolute Gasteiger partial charge is 0.476 e. The van der Waals surface area contributed by atoms with E-state index in [9.17, 15) is 9.59 Å². The van der Waals surface area contributed by atoms with E-state index < -0.39 is 5.97 Å². The number of carbonyl (C=O) groups excluding carboxylic acids is 1. The van der Waals surface area contributed by atoms with Crippen molar-refractivity contribution < 1.29 is 14.7 Å². The summed E-state index contributed by atoms with van der Waals surface area (Å²) in [6.45, 7) is 5.11. The Morgan fingerprint density at radius 3 is 2.88 bits per heavy atom. The first-order valence-electron chi connectivity index (χ1n) is 8.81. The van der Waals surface area contributed by atoms with Crippen molar-refractivity contribution in [2.45, 2.75) is 32.4 Å². The molecular formula is C18H21N5O3. The molecule has 0 spiro atoms. The topological polar surface area (TPSA) is 91.6 Å². The zero-order valence-electron chi connectivity index (χ0n) is 14.6. The van der Waals surface area contributed by atoms with Crippen molar-refractivity contribution in [1.82, 2.24) is 19.9 Å². The Morgan fingerprint density at radius 2 is 2.15 bits per heavy atom. The molecule has 26 heavy (non-hydrogen) atoms. The van der Waals surface area contributed by atoms with Crippen molar-refractivity contribution in [3.8, 4) is 0 Å². The number of carbonyl (C=O) groups is 2. The molecule has 8 nitrogen and oxygen atoms in total. The number of hydrogen-bond acceptors (Lipinski definition) is 5. The molecule has 1 atom stereocenters. The van der Waals surface area contributed by atoms with Crippen LogP contribution in [0.4, 0.5) is 5.69 Å². The van der Waals surface area contributed by atoms with Crippen molar-refractivity contribution in [2.75, 3.05) is 24.5 Å². The number of carboxylic acid groups (broad SMARTS) is 1. The molecule has 2 saturated heterocycles. The standard InChI is InChI=1S/C18H21N5O3/c1-12-9-13(10-22-11-14(18(25)26)19-20-22)4-5-15(12)23-8-7-21-6-2-3-16(21)17(23)24/h4-5,9,11,16H,2-3,6-8,10H2,1H3,(H,25,26). The van der Waals surface area contributed by atoms with E-state index >= 15 is 0 Å². The lowest BCUT2D eigenvalue weighted by molar-refractivity contribution is -0.124. The first-order chi connectivity index (χ1) is 12.5. The number of nitrogens with zero attached hydrogens (tertiary/aromatic N) is 5. The van der Waals surface area contributed by atoms with Crippen molar-refractivity contribution in [1.29, 1.82) is 0 Å². The van der Waals surface area contributed by atoms with Crippen molar-refractivity contribution >= 4 is 17.6 Å². The van der Waals surface area contributed by atoms with Crippen LogP contribution in [0.1, 0.15) is 34.5 Å². The van der Waals surface area contributed by atoms with Crippen molar-refractivity contribution in [3.05, 3.63) is 41.2 Å². The molecule has 1 aromatic carbocycles. The van der Waals surface area contributed by atoms with Crippen LogP contribution in [-0.2, 0) is 11.3 Å². The van der Waals surface area contributed by atoms with Gasteiger partial charge in [0.05, 0.1) is 18.8 Å². The Labute approximate surface area is 151 Å². The van der Waals surface area contributed by atoms with E-state index in [-0.39, 0.29) is 17.6 Å². The van der Waals surface area contributed by atoms with Crippen LogP contribution in [0.5, 0.6) is 0 Å². The molecule has 3 heterocycles. The summed E-state index contributed by atoms with van der Waals surface area (Å²) in [5.41, 5.74) is 2.90. The van der Waals surface area contributed by atoms with E-state index in [1.165, 1.54) is 10.9 Å². The Kier molecular flexibility index (Phi) is 4.20. The second-order valence-electron chi connectivity index (χ2n) is 6.91. The van der Waals surface area contributed by atoms with Crippen LogP contribution in [0.15, 0.2) is 24.4 Å². The van der Waals surface area contributed by atoms with Gasteiger partial charge in [-0.3, -0.25) is 9.69 Å². The zero-order chi connectivity index (χ0) is 18.3. The van der Waals surface area contributed by atoms with Gasteiger partial charge in [0.1, 0.15) is 0 Å². The Morgan fingerprint density at radius 1 is 1.31 bits per heavy atom. The summed E-state index contributed by atoms with van der Waals surface area (Å²) < 4.78 is 1.50. The highest BCUT2D eigenvalue weighted by molar-refractivity contribution is 5.98. The molecule has 136 valence electrons. The van der Waals surface area contributed by atoms with Gasteiger partial charge >= 0.3 is 5.97 Å². The van der Waals surface area contributed by atoms with Gasteiger partial charge in [0.2, 0.25) is 5.91 Å². The van der Waals surface area contributed by atoms with E-state index in [1.54, 1.807) is 0 Å². The van der Waals surface area contributed by atoms with Crippen molar-refractivity contribution in [2.24, 2.45) is 0 Å². The molecule has 2 aliphatic rings. The van der Waals surface area contributed by atoms with Crippen LogP contribution in [0.2, 0.25) is 0 Å². The van der Waals surface area contributed by atoms with Gasteiger partial charge in [0, 0.05) is 18.8 Å². The molecule has 1 aromatic heterocycles. The van der Waals surface area contributed by atoms with Crippen LogP contribution in [-0.4, -0.2) is 62.6 Å². The third kappa shape index (κ3) is 2.96. The summed E-state index contributed by atoms with van der Waals surface area (Å²) in [6, 6.07) is 5.99. The number of benzene rings is 1. The smallest absolute Gasteiger partial charge is 0.358 e. The van der Waals surface area contributed by atoms with Gasteiger partial charge in [-0.05, 0) is 43.5 Å². The van der Waals surface area contributed by atoms with Gasteiger partial charge in [-0.2, -0.15) is 0 Å². The molecule has 1 N–H and O–H groups in total. The highest BCUT2D eigenvalue weighted by Crippen LogP contribution is 2.29. The Hall–Kier alpha value is -2.74. The van der Waals surface area contributed by atoms with Gasteiger partial charge in [-0.25, -0.2) is 9.48 Å². The number of amides is 1. The predicted octanol–water partition coefficient (Wildman–Crippen LogP) is 1.14. The minimum absolute atomic E-state index is 0.0346. The Bertz CT molecular complexity index is 862. The van der Waals surface area contributed by atoms with E-state index in [4.69, 9.17) is 5.11 Å². The summed E-state index contributed by atoms with van der Waals surface area (Å²) in [6.07, 6.45) is 3.46. The molecule has 0 bridgehead atoms. The van der Waals surface area contributed by atoms with Crippen molar-refractivity contribution in [3.63, 3.8) is 0 Å². The molecule has 1 unspecified atom stereocenters. The van der Waals surface area contributed by atoms with Crippen LogP contribution in [0.3, 0.4) is 0 Å². The number of rotatable bonds is 4. The van der Waals surface area contributed by atoms with Crippen LogP contribution >= 0.6 is 0 Å². The lowest BCUT2D eigenvalue weighted by Gasteiger charge is -2.37. The molecule has 1 amide bonds. The van der Waals surface area contributed by atoms with E-state index in [2.05, 4.69) is 15.2 Å². The van der Waals surface area contributed by atoms with E-state index in [1.807, 2.05) is 30.0 Å². The predicted molar refractivity (Wildman–Crippen MR) is 94.2 cm³/mol. The third-order valence-corrected chi connectivity index (χ3v) is 5.18. The zero-order valence-corrected chi connectivity index (χ0v) is 14.6. The maximum Gasteiger partial charge on any atom is 0.358 e. The highest BCUT2D eigenvalue weighted by Gasteiger charge is 2.38. The summed E-state index contributed by atoms with van der Waals surface area (Å²) in [4.78, 5) is 27.9. The number of anilines is 1. The second-order valence-corrected chi connectivity index (χ2v) is 6.91. The van der Waals surface area contributed by atoms with E-state index in [0.29, 0.717) is 6.54 Å². The molecule has 2 fully saturated rings. The average molecular weight is 355 g/mol. The summed E-state index contributed by atoms with van der Waals surface area (Å²) in [5.74, 6) is -0.890. The fourth-order valence-corrected chi connectivity index (χ4v) is 3.91. The number of piperazine rings is 1. The Balaban J connectivity index is 1.52. The van der Waals surface area contributed by atoms with Crippen LogP contribution in [0.25, 0.3) is 0 Å². The highest BCUT2D eigenvalue weighted by atomic mass is 16.4. The van der Waals surface area contributed by atoms with Gasteiger partial charge in [-0.15, -0.1) is 5.10 Å². The summed E-state index contributed by atoms with van der Waals surface area (Å²) in [5, 5.41) is 16.4. The van der Waals surface area contributed by atoms with Gasteiger partial charge in [0.25, 0.3) is 0 Å². The normalized spacial score (nSPS) is 20.4. The fourth-order valence-electron chi connectivity index (χ4n) is 3.91. The average Bonchev–Trinajstić information content (AvgIpc) is 3.26. The fraction of sp³-hybridized carbons (Fsp3) is 0.444. The quantitative estimate of drug-likeness (QED) is 0.884. The lowest BCUT2D eigenvalue weighted by Crippen LogP contribution is -2.54. The van der Waals surface area contributed by atoms with Crippen LogP contribution in [0, 0.1) is 6.92 Å². The maximum atomic E-state index is 12.8. The number of aryl methyl sites for hydroxylation is 1. The first-order valence-corrected chi connectivity index (χ1v) is 8.81. The number of carboxylic acids is 1. The first kappa shape index (κ1) is 16.7. The van der Waals surface area contributed by atoms with Gasteiger partial charge < -0.3 is 10.0 Å². The third-order valence-electron chi connectivity index (χ3n) is 5.18. The lowest BCUT2D eigenvalue weighted by atomic mass is 10.1. The monoisotopic (exact) mass is 355 g/mol. The molecule has 2 aliphatic heterocycles. The summed E-state index contributed by atoms with van der Waals surface area (Å²) in [7, 11) is 0. The SMILES string of the molecule is Cc1cc(Cn2cc(C(=O)O)nn2)ccc1N1CCN2CCCC2C1=O. The minimum Gasteiger partial charge on any atom is -0.476 e. The second kappa shape index (κ2) is 6.53. The number of aromatic nitrogens is 3. The number of hydrogen-bond donors (Lipinski definition) is 1. The molecule has 8 heteroatoms.